The molecule has 0 heterocycles. The molecule has 0 saturated carbocycles. The molecule has 4 heteroatoms. The van der Waals surface area contributed by atoms with Crippen LogP contribution in [0.2, 0.25) is 0 Å². The summed E-state index contributed by atoms with van der Waals surface area (Å²) in [4.78, 5) is -0.234. The van der Waals surface area contributed by atoms with E-state index in [4.69, 9.17) is 9.94 Å². The van der Waals surface area contributed by atoms with Gasteiger partial charge in [-0.3, -0.25) is 5.21 Å². The van der Waals surface area contributed by atoms with Crippen molar-refractivity contribution in [2.75, 3.05) is 7.11 Å². The summed E-state index contributed by atoms with van der Waals surface area (Å²) in [5, 5.41) is 18.5. The molecule has 0 aromatic heterocycles. The van der Waals surface area contributed by atoms with Gasteiger partial charge in [-0.1, -0.05) is 0 Å². The van der Waals surface area contributed by atoms with Crippen LogP contribution in [0.4, 0.5) is 0 Å². The van der Waals surface area contributed by atoms with Crippen molar-refractivity contribution in [3.8, 4) is 5.75 Å². The van der Waals surface area contributed by atoms with Gasteiger partial charge in [0.25, 0.3) is 0 Å². The predicted octanol–water partition coefficient (Wildman–Crippen LogP) is 1.01. The Labute approximate surface area is 69.9 Å². The van der Waals surface area contributed by atoms with Crippen LogP contribution in [0.25, 0.3) is 0 Å². The summed E-state index contributed by atoms with van der Waals surface area (Å²) in [6.07, 6.45) is 1.06. The van der Waals surface area contributed by atoms with E-state index in [1.165, 1.54) is 0 Å². The zero-order valence-corrected chi connectivity index (χ0v) is 6.60. The normalized spacial score (nSPS) is 11.2. The van der Waals surface area contributed by atoms with Gasteiger partial charge in [0.1, 0.15) is 5.75 Å². The maximum atomic E-state index is 10.2. The van der Waals surface area contributed by atoms with Crippen molar-refractivity contribution in [3.05, 3.63) is 35.0 Å². The van der Waals surface area contributed by atoms with Gasteiger partial charge in [-0.2, -0.15) is 0 Å². The molecule has 0 fully saturated rings. The zero-order chi connectivity index (χ0) is 8.97. The molecule has 0 aliphatic rings. The van der Waals surface area contributed by atoms with E-state index in [1.807, 2.05) is 0 Å². The fourth-order valence-corrected chi connectivity index (χ4v) is 0.818. The van der Waals surface area contributed by atoms with Crippen LogP contribution in [0, 0.1) is 5.21 Å². The highest BCUT2D eigenvalue weighted by molar-refractivity contribution is 5.75. The number of ether oxygens (including phenoxy) is 1. The van der Waals surface area contributed by atoms with Gasteiger partial charge in [0.2, 0.25) is 6.21 Å². The molecule has 4 nitrogen and oxygen atoms in total. The molecule has 1 N–H and O–H groups in total. The summed E-state index contributed by atoms with van der Waals surface area (Å²) in [5.74, 6) is 0.711. The number of rotatable bonds is 2. The fourth-order valence-electron chi connectivity index (χ4n) is 0.818. The summed E-state index contributed by atoms with van der Waals surface area (Å²) in [6.45, 7) is 0. The first-order chi connectivity index (χ1) is 5.72. The van der Waals surface area contributed by atoms with Gasteiger partial charge in [0, 0.05) is 10.5 Å². The third-order valence-corrected chi connectivity index (χ3v) is 1.38. The van der Waals surface area contributed by atoms with Crippen LogP contribution < -0.4 is 4.74 Å². The van der Waals surface area contributed by atoms with Gasteiger partial charge in [-0.25, -0.2) is 0 Å². The van der Waals surface area contributed by atoms with Gasteiger partial charge >= 0.3 is 0 Å². The second kappa shape index (κ2) is 3.61. The summed E-state index contributed by atoms with van der Waals surface area (Å²) >= 11 is 0. The van der Waals surface area contributed by atoms with E-state index in [0.717, 1.165) is 6.21 Å². The lowest BCUT2D eigenvalue weighted by Crippen LogP contribution is -1.97. The van der Waals surface area contributed by atoms with E-state index in [0.29, 0.717) is 11.3 Å². The predicted molar refractivity (Wildman–Crippen MR) is 43.6 cm³/mol. The molecule has 1 aromatic carbocycles. The summed E-state index contributed by atoms with van der Waals surface area (Å²) < 4.78 is 4.91. The van der Waals surface area contributed by atoms with Gasteiger partial charge in [-0.05, 0) is 24.3 Å². The van der Waals surface area contributed by atoms with Crippen molar-refractivity contribution in [2.24, 2.45) is 0 Å². The molecule has 0 aliphatic carbocycles. The lowest BCUT2D eigenvalue weighted by atomic mass is 10.2. The Morgan fingerprint density at radius 3 is 2.42 bits per heavy atom. The van der Waals surface area contributed by atoms with Crippen LogP contribution in [-0.2, 0) is 0 Å². The molecule has 0 bridgehead atoms. The van der Waals surface area contributed by atoms with Crippen LogP contribution in [0.3, 0.4) is 0 Å². The molecule has 0 amide bonds. The molecular weight excluding hydrogens is 158 g/mol. The first-order valence-corrected chi connectivity index (χ1v) is 3.36. The third-order valence-electron chi connectivity index (χ3n) is 1.38. The van der Waals surface area contributed by atoms with Crippen molar-refractivity contribution < 1.29 is 14.8 Å². The minimum atomic E-state index is -0.234. The highest BCUT2D eigenvalue weighted by Crippen LogP contribution is 2.09. The van der Waals surface area contributed by atoms with E-state index in [2.05, 4.69) is 0 Å². The highest BCUT2D eigenvalue weighted by atomic mass is 16.8. The average molecular weight is 167 g/mol. The van der Waals surface area contributed by atoms with Crippen LogP contribution in [-0.4, -0.2) is 23.4 Å². The standard InChI is InChI=1S/C8H9NO3/c1-12-8-4-2-7(3-5-8)6-9(10)11/h2-6H,1H3,(H,10,11). The summed E-state index contributed by atoms with van der Waals surface area (Å²) in [5.41, 5.74) is 0.619. The Balaban J connectivity index is 2.85. The van der Waals surface area contributed by atoms with Gasteiger partial charge < -0.3 is 9.94 Å². The molecule has 64 valence electrons. The Kier molecular flexibility index (Phi) is 2.53. The molecule has 0 radical (unpaired) electrons. The number of methoxy groups -OCH3 is 1. The number of hydrogen-bond donors (Lipinski definition) is 1. The summed E-state index contributed by atoms with van der Waals surface area (Å²) in [6, 6.07) is 6.74. The van der Waals surface area contributed by atoms with Crippen LogP contribution in [0.5, 0.6) is 5.75 Å². The molecular formula is C8H9NO3. The SMILES string of the molecule is COc1ccc(/C=[N+](/[O-])O)cc1. The smallest absolute Gasteiger partial charge is 0.240 e. The van der Waals surface area contributed by atoms with Crippen molar-refractivity contribution in [1.29, 1.82) is 0 Å². The maximum absolute atomic E-state index is 10.2. The molecule has 0 aliphatic heterocycles. The molecule has 12 heavy (non-hydrogen) atoms. The molecule has 0 atom stereocenters. The lowest BCUT2D eigenvalue weighted by Gasteiger charge is -1.97. The lowest BCUT2D eigenvalue weighted by molar-refractivity contribution is -0.722. The van der Waals surface area contributed by atoms with Gasteiger partial charge in [0.15, 0.2) is 0 Å². The van der Waals surface area contributed by atoms with Crippen LogP contribution >= 0.6 is 0 Å². The largest absolute Gasteiger partial charge is 0.497 e. The van der Waals surface area contributed by atoms with E-state index >= 15 is 0 Å². The van der Waals surface area contributed by atoms with Crippen LogP contribution in [0.15, 0.2) is 24.3 Å². The van der Waals surface area contributed by atoms with E-state index < -0.39 is 0 Å². The van der Waals surface area contributed by atoms with Crippen molar-refractivity contribution in [3.63, 3.8) is 0 Å². The topological polar surface area (TPSA) is 55.5 Å². The van der Waals surface area contributed by atoms with Crippen molar-refractivity contribution >= 4 is 6.21 Å². The molecule has 0 unspecified atom stereocenters. The molecule has 0 spiro atoms. The van der Waals surface area contributed by atoms with Crippen molar-refractivity contribution in [1.82, 2.24) is 0 Å². The quantitative estimate of drug-likeness (QED) is 0.309. The number of benzene rings is 1. The minimum absolute atomic E-state index is 0.234. The van der Waals surface area contributed by atoms with Crippen LogP contribution in [0.1, 0.15) is 5.56 Å². The van der Waals surface area contributed by atoms with Gasteiger partial charge in [-0.15, -0.1) is 0 Å². The Morgan fingerprint density at radius 2 is 2.00 bits per heavy atom. The monoisotopic (exact) mass is 167 g/mol. The first kappa shape index (κ1) is 8.39. The molecule has 1 rings (SSSR count). The Bertz CT molecular complexity index is 275. The minimum Gasteiger partial charge on any atom is -0.497 e. The second-order valence-corrected chi connectivity index (χ2v) is 2.20. The average Bonchev–Trinajstić information content (AvgIpc) is 2.05. The second-order valence-electron chi connectivity index (χ2n) is 2.20. The number of hydrogen-bond acceptors (Lipinski definition) is 3. The maximum Gasteiger partial charge on any atom is 0.240 e. The Morgan fingerprint density at radius 1 is 1.42 bits per heavy atom. The van der Waals surface area contributed by atoms with E-state index in [-0.39, 0.29) is 4.90 Å². The van der Waals surface area contributed by atoms with E-state index in [9.17, 15) is 5.21 Å². The zero-order valence-electron chi connectivity index (χ0n) is 6.60. The molecule has 0 saturated heterocycles. The van der Waals surface area contributed by atoms with E-state index in [1.54, 1.807) is 31.4 Å². The third kappa shape index (κ3) is 2.16. The fraction of sp³-hybridized carbons (Fsp3) is 0.125. The first-order valence-electron chi connectivity index (χ1n) is 3.36. The highest BCUT2D eigenvalue weighted by Gasteiger charge is 1.94. The Hall–Kier alpha value is -1.71. The molecule has 1 aromatic rings. The number of nitrogens with zero attached hydrogens (tertiary/aromatic N) is 1. The van der Waals surface area contributed by atoms with Crippen molar-refractivity contribution in [2.45, 2.75) is 0 Å². The summed E-state index contributed by atoms with van der Waals surface area (Å²) in [7, 11) is 1.56. The van der Waals surface area contributed by atoms with Gasteiger partial charge in [0.05, 0.1) is 7.11 Å².